The summed E-state index contributed by atoms with van der Waals surface area (Å²) >= 11 is 0. The minimum absolute atomic E-state index is 0.0170. The van der Waals surface area contributed by atoms with Crippen molar-refractivity contribution in [2.75, 3.05) is 38.4 Å². The molecule has 0 aliphatic heterocycles. The van der Waals surface area contributed by atoms with Gasteiger partial charge in [-0.2, -0.15) is 0 Å². The van der Waals surface area contributed by atoms with Gasteiger partial charge in [-0.1, -0.05) is 12.1 Å². The number of nitrogens with two attached hydrogens (primary N) is 1. The molecule has 0 radical (unpaired) electrons. The van der Waals surface area contributed by atoms with Gasteiger partial charge in [0.05, 0.1) is 23.3 Å². The fourth-order valence-electron chi connectivity index (χ4n) is 7.41. The molecular weight excluding hydrogens is 613 g/mol. The molecule has 5 rings (SSSR count). The summed E-state index contributed by atoms with van der Waals surface area (Å²) in [6.07, 6.45) is -6.33. The second kappa shape index (κ2) is 11.5. The number of aliphatic hydroxyl groups is 2. The molecule has 3 aliphatic carbocycles. The Balaban J connectivity index is 1.51. The topological polar surface area (TPSA) is 183 Å². The third kappa shape index (κ3) is 5.35. The molecule has 12 nitrogen and oxygen atoms in total. The number of aromatic hydroxyl groups is 1. The standard InChI is InChI=1S/C31H35F3N4O8/c1-37(2)19-11-18(36-12-13-5-7-15(8-6-13)46-31(32,33)34)24(39)21-16(19)9-14-10-17-23(38(3)4)26(41)22(29(35)44)28(43)30(17,45)27(42)20(14)25(21)40/h5-8,11,14,17,20,22-23,26,36,39,41,45H,9-10,12H2,1-4H3,(H2,35,44)/t14-,17-,20?,22?,23-,26?,30-/m1/s1. The summed E-state index contributed by atoms with van der Waals surface area (Å²) in [5.41, 5.74) is 4.09. The lowest BCUT2D eigenvalue weighted by molar-refractivity contribution is -0.274. The molecule has 2 aromatic rings. The van der Waals surface area contributed by atoms with E-state index in [2.05, 4.69) is 10.1 Å². The van der Waals surface area contributed by atoms with Crippen LogP contribution in [0.2, 0.25) is 0 Å². The van der Waals surface area contributed by atoms with Gasteiger partial charge in [0.1, 0.15) is 17.4 Å². The smallest absolute Gasteiger partial charge is 0.505 e. The first-order valence-electron chi connectivity index (χ1n) is 14.5. The van der Waals surface area contributed by atoms with Crippen molar-refractivity contribution in [2.24, 2.45) is 29.4 Å². The number of carbonyl (C=O) groups excluding carboxylic acids is 4. The van der Waals surface area contributed by atoms with E-state index in [4.69, 9.17) is 5.73 Å². The summed E-state index contributed by atoms with van der Waals surface area (Å²) in [4.78, 5) is 57.2. The number of carbonyl (C=O) groups is 4. The second-order valence-corrected chi connectivity index (χ2v) is 12.6. The SMILES string of the molecule is CN(C)c1cc(NCc2ccc(OC(F)(F)F)cc2)c(O)c2c1C[C@@H]1C[C@@H]3[C@@H](N(C)C)C(O)C(C(N)=O)C(=O)[C@]3(O)C(=O)C1C2=O. The molecule has 2 saturated carbocycles. The van der Waals surface area contributed by atoms with Gasteiger partial charge in [0.25, 0.3) is 0 Å². The first-order chi connectivity index (χ1) is 21.4. The highest BCUT2D eigenvalue weighted by atomic mass is 19.4. The number of phenolic OH excluding ortho intramolecular Hbond substituents is 1. The molecule has 3 aliphatic rings. The zero-order valence-corrected chi connectivity index (χ0v) is 25.5. The Bertz CT molecular complexity index is 1600. The highest BCUT2D eigenvalue weighted by Crippen LogP contribution is 2.53. The number of aliphatic hydroxyl groups excluding tert-OH is 1. The van der Waals surface area contributed by atoms with Crippen LogP contribution in [-0.4, -0.2) is 95.8 Å². The Kier molecular flexibility index (Phi) is 8.32. The lowest BCUT2D eigenvalue weighted by atomic mass is 9.52. The third-order valence-corrected chi connectivity index (χ3v) is 9.39. The Morgan fingerprint density at radius 1 is 1.11 bits per heavy atom. The molecule has 0 spiro atoms. The lowest BCUT2D eigenvalue weighted by Gasteiger charge is -2.55. The predicted molar refractivity (Wildman–Crippen MR) is 157 cm³/mol. The molecule has 1 amide bonds. The molecule has 46 heavy (non-hydrogen) atoms. The summed E-state index contributed by atoms with van der Waals surface area (Å²) < 4.78 is 41.4. The van der Waals surface area contributed by atoms with Crippen LogP contribution in [0.15, 0.2) is 30.3 Å². The van der Waals surface area contributed by atoms with Crippen LogP contribution in [0.4, 0.5) is 24.5 Å². The zero-order valence-electron chi connectivity index (χ0n) is 25.5. The van der Waals surface area contributed by atoms with E-state index in [9.17, 15) is 47.7 Å². The number of hydrogen-bond acceptors (Lipinski definition) is 11. The zero-order chi connectivity index (χ0) is 34.0. The monoisotopic (exact) mass is 648 g/mol. The maximum Gasteiger partial charge on any atom is 0.573 e. The molecular formula is C31H35F3N4O8. The number of fused-ring (bicyclic) bond motifs is 3. The van der Waals surface area contributed by atoms with E-state index in [-0.39, 0.29) is 30.6 Å². The van der Waals surface area contributed by atoms with Crippen molar-refractivity contribution in [2.45, 2.75) is 43.5 Å². The number of amides is 1. The first kappa shape index (κ1) is 33.2. The van der Waals surface area contributed by atoms with Gasteiger partial charge < -0.3 is 40.9 Å². The number of rotatable bonds is 7. The van der Waals surface area contributed by atoms with Gasteiger partial charge in [-0.25, -0.2) is 0 Å². The van der Waals surface area contributed by atoms with Crippen molar-refractivity contribution in [3.05, 3.63) is 47.0 Å². The van der Waals surface area contributed by atoms with E-state index >= 15 is 0 Å². The largest absolute Gasteiger partial charge is 0.573 e. The number of ketones is 3. The Morgan fingerprint density at radius 3 is 2.28 bits per heavy atom. The number of anilines is 2. The summed E-state index contributed by atoms with van der Waals surface area (Å²) in [5, 5.41) is 37.2. The number of Topliss-reactive ketones (excluding diaryl/α,β-unsaturated/α-hetero) is 3. The highest BCUT2D eigenvalue weighted by Gasteiger charge is 2.69. The maximum atomic E-state index is 14.1. The Hall–Kier alpha value is -4.21. The second-order valence-electron chi connectivity index (χ2n) is 12.6. The predicted octanol–water partition coefficient (Wildman–Crippen LogP) is 1.24. The number of benzene rings is 2. The summed E-state index contributed by atoms with van der Waals surface area (Å²) in [7, 11) is 6.58. The Labute approximate surface area is 261 Å². The summed E-state index contributed by atoms with van der Waals surface area (Å²) in [5.74, 6) is -10.5. The van der Waals surface area contributed by atoms with Gasteiger partial charge in [0, 0.05) is 38.3 Å². The van der Waals surface area contributed by atoms with Crippen LogP contribution >= 0.6 is 0 Å². The molecule has 0 aromatic heterocycles. The number of phenols is 1. The lowest BCUT2D eigenvalue weighted by Crippen LogP contribution is -2.75. The van der Waals surface area contributed by atoms with Gasteiger partial charge in [0.15, 0.2) is 23.0 Å². The molecule has 6 N–H and O–H groups in total. The van der Waals surface area contributed by atoms with Gasteiger partial charge in [-0.3, -0.25) is 19.2 Å². The molecule has 3 unspecified atom stereocenters. The number of alkyl halides is 3. The number of nitrogens with zero attached hydrogens (tertiary/aromatic N) is 2. The van der Waals surface area contributed by atoms with Crippen molar-refractivity contribution in [3.8, 4) is 11.5 Å². The van der Waals surface area contributed by atoms with Crippen molar-refractivity contribution < 1.29 is 52.4 Å². The van der Waals surface area contributed by atoms with Crippen molar-refractivity contribution in [1.29, 1.82) is 0 Å². The minimum atomic E-state index is -4.84. The van der Waals surface area contributed by atoms with Crippen LogP contribution in [0.3, 0.4) is 0 Å². The number of likely N-dealkylation sites (N-methyl/N-ethyl adjacent to an activating group) is 1. The number of halogens is 3. The molecule has 2 fully saturated rings. The van der Waals surface area contributed by atoms with Crippen LogP contribution < -0.4 is 20.7 Å². The van der Waals surface area contributed by atoms with E-state index in [0.717, 1.165) is 12.1 Å². The molecule has 7 atom stereocenters. The number of primary amides is 1. The molecule has 0 saturated heterocycles. The van der Waals surface area contributed by atoms with Gasteiger partial charge in [-0.05, 0) is 62.2 Å². The van der Waals surface area contributed by atoms with E-state index in [0.29, 0.717) is 16.8 Å². The Morgan fingerprint density at radius 2 is 1.74 bits per heavy atom. The normalized spacial score (nSPS) is 29.1. The highest BCUT2D eigenvalue weighted by molar-refractivity contribution is 6.26. The number of ether oxygens (including phenoxy) is 1. The van der Waals surface area contributed by atoms with Crippen molar-refractivity contribution in [3.63, 3.8) is 0 Å². The van der Waals surface area contributed by atoms with E-state index in [1.165, 1.54) is 17.0 Å². The van der Waals surface area contributed by atoms with Crippen LogP contribution in [0.25, 0.3) is 0 Å². The third-order valence-electron chi connectivity index (χ3n) is 9.39. The van der Waals surface area contributed by atoms with E-state index in [1.54, 1.807) is 39.2 Å². The van der Waals surface area contributed by atoms with Crippen molar-refractivity contribution >= 4 is 34.6 Å². The van der Waals surface area contributed by atoms with Gasteiger partial charge >= 0.3 is 6.36 Å². The van der Waals surface area contributed by atoms with E-state index < -0.39 is 82.5 Å². The average Bonchev–Trinajstić information content (AvgIpc) is 2.94. The fourth-order valence-corrected chi connectivity index (χ4v) is 7.41. The molecule has 0 bridgehead atoms. The number of hydrogen-bond donors (Lipinski definition) is 5. The summed E-state index contributed by atoms with van der Waals surface area (Å²) in [6, 6.07) is 5.65. The summed E-state index contributed by atoms with van der Waals surface area (Å²) in [6.45, 7) is 0.0311. The molecule has 2 aromatic carbocycles. The molecule has 0 heterocycles. The number of nitrogens with one attached hydrogen (secondary N) is 1. The van der Waals surface area contributed by atoms with Gasteiger partial charge in [0.2, 0.25) is 5.91 Å². The molecule has 15 heteroatoms. The average molecular weight is 649 g/mol. The minimum Gasteiger partial charge on any atom is -0.505 e. The van der Waals surface area contributed by atoms with E-state index in [1.807, 2.05) is 0 Å². The van der Waals surface area contributed by atoms with Crippen molar-refractivity contribution in [1.82, 2.24) is 4.90 Å². The van der Waals surface area contributed by atoms with Crippen LogP contribution in [0.1, 0.15) is 27.9 Å². The van der Waals surface area contributed by atoms with Crippen LogP contribution in [0.5, 0.6) is 11.5 Å². The molecule has 248 valence electrons. The van der Waals surface area contributed by atoms with Gasteiger partial charge in [-0.15, -0.1) is 13.2 Å². The van der Waals surface area contributed by atoms with Crippen LogP contribution in [-0.2, 0) is 27.3 Å². The quantitative estimate of drug-likeness (QED) is 0.215. The van der Waals surface area contributed by atoms with Crippen LogP contribution in [0, 0.1) is 23.7 Å². The fraction of sp³-hybridized carbons (Fsp3) is 0.484. The maximum absolute atomic E-state index is 14.1. The first-order valence-corrected chi connectivity index (χ1v) is 14.5.